The second kappa shape index (κ2) is 10.9. The third kappa shape index (κ3) is 6.75. The Hall–Kier alpha value is -3.00. The van der Waals surface area contributed by atoms with Gasteiger partial charge in [-0.2, -0.15) is 0 Å². The predicted molar refractivity (Wildman–Crippen MR) is 123 cm³/mol. The van der Waals surface area contributed by atoms with Gasteiger partial charge in [0, 0.05) is 44.8 Å². The van der Waals surface area contributed by atoms with Crippen molar-refractivity contribution in [3.05, 3.63) is 42.1 Å². The van der Waals surface area contributed by atoms with Crippen LogP contribution in [0.1, 0.15) is 25.8 Å². The van der Waals surface area contributed by atoms with E-state index in [4.69, 9.17) is 9.47 Å². The van der Waals surface area contributed by atoms with Crippen molar-refractivity contribution in [1.29, 1.82) is 0 Å². The summed E-state index contributed by atoms with van der Waals surface area (Å²) in [4.78, 5) is 21.1. The first-order valence-corrected chi connectivity index (χ1v) is 10.7. The number of methoxy groups -OCH3 is 2. The standard InChI is InChI=1S/C23H33N5O3/c1-17(2)25-23(29)26-19-6-7-22(24-15-19)28-9-5-8-27(10-11-28)16-18-12-20(30-3)14-21(13-18)31-4/h6-7,12-15,17H,5,8-11,16H2,1-4H3,(H2,25,26,29). The van der Waals surface area contributed by atoms with Crippen LogP contribution in [0.4, 0.5) is 16.3 Å². The highest BCUT2D eigenvalue weighted by Crippen LogP contribution is 2.24. The summed E-state index contributed by atoms with van der Waals surface area (Å²) in [5.74, 6) is 2.55. The summed E-state index contributed by atoms with van der Waals surface area (Å²) in [5.41, 5.74) is 1.86. The first-order chi connectivity index (χ1) is 15.0. The van der Waals surface area contributed by atoms with E-state index in [0.717, 1.165) is 56.5 Å². The Balaban J connectivity index is 1.57. The van der Waals surface area contributed by atoms with Crippen LogP contribution in [0.3, 0.4) is 0 Å². The van der Waals surface area contributed by atoms with E-state index in [1.165, 1.54) is 5.56 Å². The minimum atomic E-state index is -0.218. The molecule has 3 rings (SSSR count). The quantitative estimate of drug-likeness (QED) is 0.706. The number of amides is 2. The maximum absolute atomic E-state index is 11.8. The number of ether oxygens (including phenoxy) is 2. The average molecular weight is 428 g/mol. The molecule has 0 saturated carbocycles. The Morgan fingerprint density at radius 3 is 2.42 bits per heavy atom. The molecule has 1 saturated heterocycles. The molecule has 31 heavy (non-hydrogen) atoms. The molecule has 0 unspecified atom stereocenters. The number of nitrogens with one attached hydrogen (secondary N) is 2. The lowest BCUT2D eigenvalue weighted by Gasteiger charge is -2.23. The van der Waals surface area contributed by atoms with E-state index in [1.54, 1.807) is 20.4 Å². The molecule has 1 aliphatic rings. The third-order valence-corrected chi connectivity index (χ3v) is 5.16. The van der Waals surface area contributed by atoms with Gasteiger partial charge in [0.25, 0.3) is 0 Å². The highest BCUT2D eigenvalue weighted by Gasteiger charge is 2.17. The molecule has 0 spiro atoms. The third-order valence-electron chi connectivity index (χ3n) is 5.16. The molecule has 0 aliphatic carbocycles. The van der Waals surface area contributed by atoms with Crippen LogP contribution in [-0.2, 0) is 6.54 Å². The molecular weight excluding hydrogens is 394 g/mol. The van der Waals surface area contributed by atoms with E-state index in [-0.39, 0.29) is 12.1 Å². The Bertz CT molecular complexity index is 835. The molecule has 0 bridgehead atoms. The molecule has 168 valence electrons. The fourth-order valence-electron chi connectivity index (χ4n) is 3.65. The molecule has 8 heteroatoms. The van der Waals surface area contributed by atoms with Gasteiger partial charge < -0.3 is 25.0 Å². The van der Waals surface area contributed by atoms with Gasteiger partial charge in [0.05, 0.1) is 26.1 Å². The van der Waals surface area contributed by atoms with Gasteiger partial charge in [-0.15, -0.1) is 0 Å². The number of pyridine rings is 1. The first kappa shape index (κ1) is 22.7. The van der Waals surface area contributed by atoms with E-state index in [9.17, 15) is 4.79 Å². The largest absolute Gasteiger partial charge is 0.497 e. The summed E-state index contributed by atoms with van der Waals surface area (Å²) in [6, 6.07) is 9.75. The monoisotopic (exact) mass is 427 g/mol. The number of carbonyl (C=O) groups is 1. The zero-order valence-corrected chi connectivity index (χ0v) is 18.9. The number of nitrogens with zero attached hydrogens (tertiary/aromatic N) is 3. The molecule has 1 aromatic heterocycles. The van der Waals surface area contributed by atoms with Gasteiger partial charge in [0.1, 0.15) is 17.3 Å². The van der Waals surface area contributed by atoms with Gasteiger partial charge >= 0.3 is 6.03 Å². The van der Waals surface area contributed by atoms with Crippen molar-refractivity contribution in [2.45, 2.75) is 32.9 Å². The number of aromatic nitrogens is 1. The number of carbonyl (C=O) groups excluding carboxylic acids is 1. The summed E-state index contributed by atoms with van der Waals surface area (Å²) in [6.45, 7) is 8.51. The van der Waals surface area contributed by atoms with Crippen LogP contribution < -0.4 is 25.0 Å². The van der Waals surface area contributed by atoms with Gasteiger partial charge in [-0.1, -0.05) is 0 Å². The van der Waals surface area contributed by atoms with Gasteiger partial charge in [-0.25, -0.2) is 9.78 Å². The van der Waals surface area contributed by atoms with Crippen molar-refractivity contribution < 1.29 is 14.3 Å². The maximum atomic E-state index is 11.8. The molecule has 2 heterocycles. The first-order valence-electron chi connectivity index (χ1n) is 10.7. The lowest BCUT2D eigenvalue weighted by atomic mass is 10.2. The second-order valence-corrected chi connectivity index (χ2v) is 8.00. The van der Waals surface area contributed by atoms with Crippen molar-refractivity contribution in [1.82, 2.24) is 15.2 Å². The highest BCUT2D eigenvalue weighted by molar-refractivity contribution is 5.89. The fraction of sp³-hybridized carbons (Fsp3) is 0.478. The molecule has 2 aromatic rings. The number of anilines is 2. The van der Waals surface area contributed by atoms with Crippen molar-refractivity contribution in [3.63, 3.8) is 0 Å². The van der Waals surface area contributed by atoms with Crippen LogP contribution in [-0.4, -0.2) is 62.4 Å². The summed E-state index contributed by atoms with van der Waals surface area (Å²) in [5, 5.41) is 5.62. The van der Waals surface area contributed by atoms with E-state index < -0.39 is 0 Å². The molecule has 1 aliphatic heterocycles. The highest BCUT2D eigenvalue weighted by atomic mass is 16.5. The summed E-state index contributed by atoms with van der Waals surface area (Å²) < 4.78 is 10.8. The summed E-state index contributed by atoms with van der Waals surface area (Å²) >= 11 is 0. The van der Waals surface area contributed by atoms with Crippen molar-refractivity contribution in [3.8, 4) is 11.5 Å². The van der Waals surface area contributed by atoms with E-state index in [1.807, 2.05) is 32.0 Å². The molecule has 0 radical (unpaired) electrons. The lowest BCUT2D eigenvalue weighted by Crippen LogP contribution is -2.34. The van der Waals surface area contributed by atoms with Gasteiger partial charge in [0.15, 0.2) is 0 Å². The number of hydrogen-bond acceptors (Lipinski definition) is 6. The molecule has 1 aromatic carbocycles. The maximum Gasteiger partial charge on any atom is 0.319 e. The Labute approximate surface area is 184 Å². The fourth-order valence-corrected chi connectivity index (χ4v) is 3.65. The van der Waals surface area contributed by atoms with Crippen LogP contribution in [0.2, 0.25) is 0 Å². The Kier molecular flexibility index (Phi) is 7.94. The normalized spacial score (nSPS) is 14.8. The topological polar surface area (TPSA) is 79.0 Å². The zero-order chi connectivity index (χ0) is 22.2. The van der Waals surface area contributed by atoms with Crippen LogP contribution in [0.15, 0.2) is 36.5 Å². The van der Waals surface area contributed by atoms with Crippen molar-refractivity contribution in [2.75, 3.05) is 50.6 Å². The van der Waals surface area contributed by atoms with Crippen molar-refractivity contribution >= 4 is 17.5 Å². The smallest absolute Gasteiger partial charge is 0.319 e. The number of urea groups is 1. The molecule has 0 atom stereocenters. The van der Waals surface area contributed by atoms with Gasteiger partial charge in [-0.05, 0) is 50.1 Å². The van der Waals surface area contributed by atoms with Gasteiger partial charge in [0.2, 0.25) is 0 Å². The van der Waals surface area contributed by atoms with Crippen LogP contribution >= 0.6 is 0 Å². The summed E-state index contributed by atoms with van der Waals surface area (Å²) in [7, 11) is 3.35. The second-order valence-electron chi connectivity index (χ2n) is 8.00. The number of rotatable bonds is 7. The molecular formula is C23H33N5O3. The van der Waals surface area contributed by atoms with Gasteiger partial charge in [-0.3, -0.25) is 4.90 Å². The van der Waals surface area contributed by atoms with Crippen molar-refractivity contribution in [2.24, 2.45) is 0 Å². The Morgan fingerprint density at radius 1 is 1.06 bits per heavy atom. The molecule has 2 N–H and O–H groups in total. The number of benzene rings is 1. The minimum absolute atomic E-state index is 0.0883. The predicted octanol–water partition coefficient (Wildman–Crippen LogP) is 3.34. The average Bonchev–Trinajstić information content (AvgIpc) is 2.99. The van der Waals surface area contributed by atoms with Crippen LogP contribution in [0, 0.1) is 0 Å². The molecule has 8 nitrogen and oxygen atoms in total. The minimum Gasteiger partial charge on any atom is -0.497 e. The van der Waals surface area contributed by atoms with E-state index in [0.29, 0.717) is 5.69 Å². The van der Waals surface area contributed by atoms with Crippen LogP contribution in [0.5, 0.6) is 11.5 Å². The Morgan fingerprint density at radius 2 is 1.81 bits per heavy atom. The van der Waals surface area contributed by atoms with E-state index in [2.05, 4.69) is 37.6 Å². The SMILES string of the molecule is COc1cc(CN2CCCN(c3ccc(NC(=O)NC(C)C)cn3)CC2)cc(OC)c1. The number of hydrogen-bond donors (Lipinski definition) is 2. The lowest BCUT2D eigenvalue weighted by molar-refractivity contribution is 0.250. The molecule has 1 fully saturated rings. The van der Waals surface area contributed by atoms with E-state index >= 15 is 0 Å². The summed E-state index contributed by atoms with van der Waals surface area (Å²) in [6.07, 6.45) is 2.76. The zero-order valence-electron chi connectivity index (χ0n) is 18.9. The molecule has 2 amide bonds. The van der Waals surface area contributed by atoms with Crippen LogP contribution in [0.25, 0.3) is 0 Å².